The van der Waals surface area contributed by atoms with Gasteiger partial charge in [-0.05, 0) is 19.4 Å². The van der Waals surface area contributed by atoms with Crippen molar-refractivity contribution in [2.45, 2.75) is 39.5 Å². The summed E-state index contributed by atoms with van der Waals surface area (Å²) in [5, 5.41) is 0. The minimum atomic E-state index is 0.844. The average Bonchev–Trinajstić information content (AvgIpc) is 2.04. The smallest absolute Gasteiger partial charge is 0.145 e. The van der Waals surface area contributed by atoms with Gasteiger partial charge in [0.25, 0.3) is 0 Å². The lowest BCUT2D eigenvalue weighted by Gasteiger charge is -1.90. The summed E-state index contributed by atoms with van der Waals surface area (Å²) in [5.74, 6) is 0. The molecule has 0 atom stereocenters. The Labute approximate surface area is 74.0 Å². The summed E-state index contributed by atoms with van der Waals surface area (Å²) in [6, 6.07) is 0. The van der Waals surface area contributed by atoms with E-state index in [1.807, 2.05) is 0 Å². The van der Waals surface area contributed by atoms with Crippen LogP contribution in [0.25, 0.3) is 0 Å². The molecule has 2 N–H and O–H groups in total. The Hall–Kier alpha value is 0.137. The highest BCUT2D eigenvalue weighted by Gasteiger charge is 1.74. The second kappa shape index (κ2) is 16.6. The van der Waals surface area contributed by atoms with Gasteiger partial charge in [-0.3, -0.25) is 0 Å². The van der Waals surface area contributed by atoms with Crippen LogP contribution in [0.2, 0.25) is 0 Å². The molecular weight excluding hydrogens is 154 g/mol. The highest BCUT2D eigenvalue weighted by Crippen LogP contribution is 1.82. The van der Waals surface area contributed by atoms with Crippen molar-refractivity contribution in [2.75, 3.05) is 13.2 Å². The zero-order valence-corrected chi connectivity index (χ0v) is 10.2. The molecule has 0 aromatic heterocycles. The Bertz CT molecular complexity index is 47.4. The van der Waals surface area contributed by atoms with Gasteiger partial charge in [0.1, 0.15) is 10.5 Å². The Kier molecular flexibility index (Phi) is 20.7. The Morgan fingerprint density at radius 2 is 1.73 bits per heavy atom. The lowest BCUT2D eigenvalue weighted by molar-refractivity contribution is 0.339. The van der Waals surface area contributed by atoms with Crippen molar-refractivity contribution in [3.63, 3.8) is 0 Å². The zero-order valence-electron chi connectivity index (χ0n) is 8.23. The van der Waals surface area contributed by atoms with Crippen LogP contribution >= 0.6 is 0 Å². The monoisotopic (exact) mass is 177 g/mol. The molecule has 0 spiro atoms. The Morgan fingerprint density at radius 1 is 1.18 bits per heavy atom. The molecule has 11 heavy (non-hydrogen) atoms. The second-order valence-corrected chi connectivity index (χ2v) is 3.07. The topological polar surface area (TPSA) is 35.2 Å². The molecule has 0 aromatic carbocycles. The molecule has 0 fully saturated rings. The molecule has 0 saturated carbocycles. The number of hydrogen-bond donors (Lipinski definition) is 1. The van der Waals surface area contributed by atoms with Gasteiger partial charge in [-0.15, -0.1) is 0 Å². The molecule has 70 valence electrons. The fourth-order valence-corrected chi connectivity index (χ4v) is 0.781. The van der Waals surface area contributed by atoms with Gasteiger partial charge in [0.05, 0.1) is 0 Å². The third-order valence-electron chi connectivity index (χ3n) is 1.26. The number of unbranched alkanes of at least 4 members (excludes halogenated alkanes) is 2. The van der Waals surface area contributed by atoms with Crippen LogP contribution in [0.4, 0.5) is 0 Å². The summed E-state index contributed by atoms with van der Waals surface area (Å²) in [6.45, 7) is 6.12. The molecular formula is C8H23NOSi. The first-order valence-electron chi connectivity index (χ1n) is 4.52. The first kappa shape index (κ1) is 13.7. The standard InChI is InChI=1S/C4H11N.C4H12OSi/c1-2-3-4-5;1-2-3-4-5-6/h2-5H2,1H3;2-4H2,1,6H3. The van der Waals surface area contributed by atoms with Crippen LogP contribution in [0.15, 0.2) is 0 Å². The Morgan fingerprint density at radius 3 is 1.82 bits per heavy atom. The number of nitrogens with two attached hydrogens (primary N) is 1. The highest BCUT2D eigenvalue weighted by atomic mass is 28.2. The molecule has 0 bridgehead atoms. The van der Waals surface area contributed by atoms with E-state index in [4.69, 9.17) is 10.2 Å². The SMILES string of the molecule is CCCCN.CCCCO[SiH3]. The molecule has 0 radical (unpaired) electrons. The van der Waals surface area contributed by atoms with Gasteiger partial charge < -0.3 is 10.2 Å². The van der Waals surface area contributed by atoms with Gasteiger partial charge in [0.15, 0.2) is 0 Å². The zero-order chi connectivity index (χ0) is 8.95. The van der Waals surface area contributed by atoms with Crippen molar-refractivity contribution < 1.29 is 4.43 Å². The predicted molar refractivity (Wildman–Crippen MR) is 54.8 cm³/mol. The van der Waals surface area contributed by atoms with E-state index in [9.17, 15) is 0 Å². The molecule has 0 aromatic rings. The maximum absolute atomic E-state index is 5.14. The summed E-state index contributed by atoms with van der Waals surface area (Å²) < 4.78 is 4.92. The number of rotatable bonds is 5. The van der Waals surface area contributed by atoms with Gasteiger partial charge in [-0.2, -0.15) is 0 Å². The summed E-state index contributed by atoms with van der Waals surface area (Å²) in [4.78, 5) is 0. The van der Waals surface area contributed by atoms with Crippen molar-refractivity contribution in [1.82, 2.24) is 0 Å². The van der Waals surface area contributed by atoms with E-state index in [1.165, 1.54) is 25.7 Å². The highest BCUT2D eigenvalue weighted by molar-refractivity contribution is 5.97. The maximum Gasteiger partial charge on any atom is 0.145 e. The third-order valence-corrected chi connectivity index (χ3v) is 1.67. The molecule has 2 nitrogen and oxygen atoms in total. The Balaban J connectivity index is 0. The van der Waals surface area contributed by atoms with E-state index in [2.05, 4.69) is 13.8 Å². The molecule has 0 rings (SSSR count). The van der Waals surface area contributed by atoms with Gasteiger partial charge in [0.2, 0.25) is 0 Å². The second-order valence-electron chi connectivity index (χ2n) is 2.49. The lowest BCUT2D eigenvalue weighted by atomic mass is 10.3. The van der Waals surface area contributed by atoms with Crippen LogP contribution in [0.3, 0.4) is 0 Å². The van der Waals surface area contributed by atoms with Gasteiger partial charge in [0, 0.05) is 6.61 Å². The fourth-order valence-electron chi connectivity index (χ4n) is 0.493. The molecule has 0 aliphatic rings. The minimum Gasteiger partial charge on any atom is -0.428 e. The van der Waals surface area contributed by atoms with Crippen molar-refractivity contribution >= 4 is 10.5 Å². The maximum atomic E-state index is 5.14. The largest absolute Gasteiger partial charge is 0.428 e. The summed E-state index contributed by atoms with van der Waals surface area (Å²) in [5.41, 5.74) is 5.14. The summed E-state index contributed by atoms with van der Waals surface area (Å²) in [6.07, 6.45) is 4.86. The predicted octanol–water partition coefficient (Wildman–Crippen LogP) is 0.829. The van der Waals surface area contributed by atoms with Crippen LogP contribution < -0.4 is 5.73 Å². The molecule has 0 unspecified atom stereocenters. The van der Waals surface area contributed by atoms with Crippen LogP contribution in [-0.2, 0) is 4.43 Å². The van der Waals surface area contributed by atoms with E-state index in [1.54, 1.807) is 0 Å². The first-order valence-corrected chi connectivity index (χ1v) is 5.34. The molecule has 0 amide bonds. The van der Waals surface area contributed by atoms with Gasteiger partial charge in [-0.25, -0.2) is 0 Å². The number of hydrogen-bond acceptors (Lipinski definition) is 2. The van der Waals surface area contributed by atoms with Crippen LogP contribution in [-0.4, -0.2) is 23.6 Å². The van der Waals surface area contributed by atoms with E-state index >= 15 is 0 Å². The molecule has 3 heteroatoms. The molecule has 0 aliphatic heterocycles. The quantitative estimate of drug-likeness (QED) is 0.499. The average molecular weight is 177 g/mol. The van der Waals surface area contributed by atoms with Crippen molar-refractivity contribution in [3.05, 3.63) is 0 Å². The molecule has 0 aliphatic carbocycles. The van der Waals surface area contributed by atoms with E-state index in [0.717, 1.165) is 23.6 Å². The van der Waals surface area contributed by atoms with Crippen molar-refractivity contribution in [3.8, 4) is 0 Å². The molecule has 0 heterocycles. The minimum absolute atomic E-state index is 0.844. The van der Waals surface area contributed by atoms with Gasteiger partial charge in [-0.1, -0.05) is 26.7 Å². The summed E-state index contributed by atoms with van der Waals surface area (Å²) >= 11 is 0. The molecule has 0 saturated heterocycles. The van der Waals surface area contributed by atoms with Crippen LogP contribution in [0, 0.1) is 0 Å². The van der Waals surface area contributed by atoms with Crippen LogP contribution in [0.1, 0.15) is 39.5 Å². The van der Waals surface area contributed by atoms with E-state index in [-0.39, 0.29) is 0 Å². The normalized spacial score (nSPS) is 9.00. The fraction of sp³-hybridized carbons (Fsp3) is 1.00. The summed E-state index contributed by atoms with van der Waals surface area (Å²) in [7, 11) is 0.903. The van der Waals surface area contributed by atoms with Crippen LogP contribution in [0.5, 0.6) is 0 Å². The van der Waals surface area contributed by atoms with Crippen molar-refractivity contribution in [1.29, 1.82) is 0 Å². The van der Waals surface area contributed by atoms with E-state index in [0.29, 0.717) is 0 Å². The van der Waals surface area contributed by atoms with Crippen molar-refractivity contribution in [2.24, 2.45) is 5.73 Å². The lowest BCUT2D eigenvalue weighted by Crippen LogP contribution is -1.95. The van der Waals surface area contributed by atoms with E-state index < -0.39 is 0 Å². The first-order chi connectivity index (χ1) is 5.33. The van der Waals surface area contributed by atoms with Gasteiger partial charge >= 0.3 is 0 Å². The third kappa shape index (κ3) is 25.4.